The van der Waals surface area contributed by atoms with Gasteiger partial charge in [-0.1, -0.05) is 6.07 Å². The Balaban J connectivity index is 0.00000264. The number of rotatable bonds is 4. The molecule has 1 heterocycles. The molecule has 1 saturated heterocycles. The van der Waals surface area contributed by atoms with Crippen molar-refractivity contribution in [2.45, 2.75) is 38.8 Å². The topological polar surface area (TPSA) is 84.7 Å². The van der Waals surface area contributed by atoms with E-state index in [0.29, 0.717) is 24.4 Å². The molecule has 0 aliphatic carbocycles. The first-order chi connectivity index (χ1) is 10.4. The fourth-order valence-electron chi connectivity index (χ4n) is 2.70. The number of aryl methyl sites for hydroxylation is 1. The Morgan fingerprint density at radius 2 is 2.13 bits per heavy atom. The van der Waals surface area contributed by atoms with E-state index in [-0.39, 0.29) is 24.2 Å². The van der Waals surface area contributed by atoms with Crippen molar-refractivity contribution in [3.63, 3.8) is 0 Å². The molecular formula is C16H24ClN3O3. The van der Waals surface area contributed by atoms with Crippen LogP contribution in [0, 0.1) is 6.92 Å². The van der Waals surface area contributed by atoms with E-state index < -0.39 is 12.1 Å². The molecule has 23 heavy (non-hydrogen) atoms. The van der Waals surface area contributed by atoms with Gasteiger partial charge in [0.05, 0.1) is 18.8 Å². The molecule has 0 radical (unpaired) electrons. The summed E-state index contributed by atoms with van der Waals surface area (Å²) in [6.07, 6.45) is 1.46. The predicted octanol–water partition coefficient (Wildman–Crippen LogP) is 1.70. The van der Waals surface area contributed by atoms with Crippen molar-refractivity contribution in [3.05, 3.63) is 23.8 Å². The Hall–Kier alpha value is -1.79. The maximum atomic E-state index is 12.5. The summed E-state index contributed by atoms with van der Waals surface area (Å²) < 4.78 is 5.26. The van der Waals surface area contributed by atoms with Crippen molar-refractivity contribution >= 4 is 29.9 Å². The molecule has 1 aromatic carbocycles. The number of nitrogens with one attached hydrogen (secondary N) is 1. The third kappa shape index (κ3) is 4.36. The molecule has 128 valence electrons. The summed E-state index contributed by atoms with van der Waals surface area (Å²) in [5, 5.41) is 2.87. The van der Waals surface area contributed by atoms with Gasteiger partial charge in [-0.3, -0.25) is 9.59 Å². The minimum absolute atomic E-state index is 0. The van der Waals surface area contributed by atoms with Crippen molar-refractivity contribution in [1.82, 2.24) is 4.90 Å². The molecule has 0 saturated carbocycles. The number of likely N-dealkylation sites (tertiary alicyclic amines) is 1. The highest BCUT2D eigenvalue weighted by molar-refractivity contribution is 5.99. The zero-order valence-corrected chi connectivity index (χ0v) is 14.5. The van der Waals surface area contributed by atoms with Crippen LogP contribution in [0.1, 0.15) is 25.3 Å². The van der Waals surface area contributed by atoms with E-state index >= 15 is 0 Å². The molecule has 0 spiro atoms. The molecule has 1 fully saturated rings. The van der Waals surface area contributed by atoms with E-state index in [0.717, 1.165) is 12.0 Å². The molecular weight excluding hydrogens is 318 g/mol. The van der Waals surface area contributed by atoms with Crippen molar-refractivity contribution in [3.8, 4) is 5.75 Å². The van der Waals surface area contributed by atoms with Crippen LogP contribution in [-0.4, -0.2) is 42.5 Å². The monoisotopic (exact) mass is 341 g/mol. The van der Waals surface area contributed by atoms with Crippen LogP contribution in [0.25, 0.3) is 0 Å². The summed E-state index contributed by atoms with van der Waals surface area (Å²) in [6, 6.07) is 4.51. The van der Waals surface area contributed by atoms with Crippen molar-refractivity contribution in [2.24, 2.45) is 5.73 Å². The number of nitrogens with zero attached hydrogens (tertiary/aromatic N) is 1. The zero-order chi connectivity index (χ0) is 16.3. The third-order valence-corrected chi connectivity index (χ3v) is 3.84. The lowest BCUT2D eigenvalue weighted by molar-refractivity contribution is -0.137. The highest BCUT2D eigenvalue weighted by Gasteiger charge is 2.35. The van der Waals surface area contributed by atoms with E-state index in [9.17, 15) is 9.59 Å². The summed E-state index contributed by atoms with van der Waals surface area (Å²) in [6.45, 7) is 4.15. The fraction of sp³-hybridized carbons (Fsp3) is 0.500. The first kappa shape index (κ1) is 19.3. The zero-order valence-electron chi connectivity index (χ0n) is 13.7. The van der Waals surface area contributed by atoms with E-state index in [1.165, 1.54) is 0 Å². The molecule has 1 aromatic rings. The average Bonchev–Trinajstić information content (AvgIpc) is 2.96. The fourth-order valence-corrected chi connectivity index (χ4v) is 2.70. The number of benzene rings is 1. The number of amides is 2. The smallest absolute Gasteiger partial charge is 0.247 e. The van der Waals surface area contributed by atoms with Crippen molar-refractivity contribution in [2.75, 3.05) is 19.0 Å². The lowest BCUT2D eigenvalue weighted by Crippen LogP contribution is -2.48. The van der Waals surface area contributed by atoms with Crippen LogP contribution in [0.4, 0.5) is 5.69 Å². The van der Waals surface area contributed by atoms with Gasteiger partial charge in [-0.05, 0) is 44.4 Å². The van der Waals surface area contributed by atoms with E-state index in [1.807, 2.05) is 25.1 Å². The molecule has 7 heteroatoms. The van der Waals surface area contributed by atoms with Crippen LogP contribution >= 0.6 is 12.4 Å². The number of halogens is 1. The van der Waals surface area contributed by atoms with Gasteiger partial charge in [0.1, 0.15) is 11.8 Å². The van der Waals surface area contributed by atoms with Gasteiger partial charge in [-0.15, -0.1) is 12.4 Å². The molecule has 6 nitrogen and oxygen atoms in total. The first-order valence-electron chi connectivity index (χ1n) is 7.45. The van der Waals surface area contributed by atoms with Crippen LogP contribution in [0.2, 0.25) is 0 Å². The molecule has 0 bridgehead atoms. The van der Waals surface area contributed by atoms with Crippen LogP contribution in [0.3, 0.4) is 0 Å². The normalized spacial score (nSPS) is 18.1. The Labute approximate surface area is 142 Å². The maximum absolute atomic E-state index is 12.5. The molecule has 1 aliphatic rings. The van der Waals surface area contributed by atoms with Crippen molar-refractivity contribution < 1.29 is 14.3 Å². The number of hydrogen-bond donors (Lipinski definition) is 2. The Bertz CT molecular complexity index is 578. The highest BCUT2D eigenvalue weighted by atomic mass is 35.5. The van der Waals surface area contributed by atoms with Crippen LogP contribution in [0.5, 0.6) is 5.75 Å². The lowest BCUT2D eigenvalue weighted by Gasteiger charge is -2.25. The molecule has 1 aliphatic heterocycles. The Morgan fingerprint density at radius 1 is 1.43 bits per heavy atom. The second-order valence-electron chi connectivity index (χ2n) is 5.67. The van der Waals surface area contributed by atoms with Crippen LogP contribution < -0.4 is 15.8 Å². The predicted molar refractivity (Wildman–Crippen MR) is 92.0 cm³/mol. The molecule has 0 aromatic heterocycles. The van der Waals surface area contributed by atoms with E-state index in [1.54, 1.807) is 18.9 Å². The van der Waals surface area contributed by atoms with Gasteiger partial charge < -0.3 is 20.7 Å². The third-order valence-electron chi connectivity index (χ3n) is 3.84. The molecule has 3 N–H and O–H groups in total. The molecule has 2 atom stereocenters. The standard InChI is InChI=1S/C16H23N3O3.ClH/c1-10-6-7-14(22-3)12(9-10)18-15(20)13-5-4-8-19(13)16(21)11(2)17;/h6-7,9,11,13H,4-5,8,17H2,1-3H3,(H,18,20);1H/t11-,13?;/m0./s1. The number of nitrogens with two attached hydrogens (primary N) is 1. The largest absolute Gasteiger partial charge is 0.495 e. The number of carbonyl (C=O) groups is 2. The lowest BCUT2D eigenvalue weighted by atomic mass is 10.1. The highest BCUT2D eigenvalue weighted by Crippen LogP contribution is 2.27. The Kier molecular flexibility index (Phi) is 6.84. The van der Waals surface area contributed by atoms with Crippen LogP contribution in [0.15, 0.2) is 18.2 Å². The van der Waals surface area contributed by atoms with Gasteiger partial charge in [-0.2, -0.15) is 0 Å². The molecule has 2 amide bonds. The average molecular weight is 342 g/mol. The van der Waals surface area contributed by atoms with Gasteiger partial charge in [0.25, 0.3) is 0 Å². The van der Waals surface area contributed by atoms with E-state index in [4.69, 9.17) is 10.5 Å². The second-order valence-corrected chi connectivity index (χ2v) is 5.67. The summed E-state index contributed by atoms with van der Waals surface area (Å²) in [4.78, 5) is 26.2. The Morgan fingerprint density at radius 3 is 2.74 bits per heavy atom. The summed E-state index contributed by atoms with van der Waals surface area (Å²) >= 11 is 0. The first-order valence-corrected chi connectivity index (χ1v) is 7.45. The van der Waals surface area contributed by atoms with Crippen LogP contribution in [-0.2, 0) is 9.59 Å². The maximum Gasteiger partial charge on any atom is 0.247 e. The van der Waals surface area contributed by atoms with Gasteiger partial charge in [0, 0.05) is 6.54 Å². The van der Waals surface area contributed by atoms with Crippen molar-refractivity contribution in [1.29, 1.82) is 0 Å². The molecule has 2 rings (SSSR count). The van der Waals surface area contributed by atoms with Gasteiger partial charge in [-0.25, -0.2) is 0 Å². The number of ether oxygens (including phenoxy) is 1. The van der Waals surface area contributed by atoms with Gasteiger partial charge in [0.2, 0.25) is 11.8 Å². The minimum atomic E-state index is -0.595. The number of hydrogen-bond acceptors (Lipinski definition) is 4. The summed E-state index contributed by atoms with van der Waals surface area (Å²) in [7, 11) is 1.56. The van der Waals surface area contributed by atoms with Gasteiger partial charge in [0.15, 0.2) is 0 Å². The molecule has 1 unspecified atom stereocenters. The minimum Gasteiger partial charge on any atom is -0.495 e. The van der Waals surface area contributed by atoms with Gasteiger partial charge >= 0.3 is 0 Å². The second kappa shape index (κ2) is 8.17. The number of carbonyl (C=O) groups excluding carboxylic acids is 2. The SMILES string of the molecule is COc1ccc(C)cc1NC(=O)C1CCCN1C(=O)[C@H](C)N.Cl. The van der Waals surface area contributed by atoms with E-state index in [2.05, 4.69) is 5.32 Å². The quantitative estimate of drug-likeness (QED) is 0.873. The summed E-state index contributed by atoms with van der Waals surface area (Å²) in [5.74, 6) is 0.214. The number of methoxy groups -OCH3 is 1. The number of anilines is 1. The summed E-state index contributed by atoms with van der Waals surface area (Å²) in [5.41, 5.74) is 7.29.